The van der Waals surface area contributed by atoms with Crippen LogP contribution in [0.1, 0.15) is 30.4 Å². The van der Waals surface area contributed by atoms with Crippen molar-refractivity contribution in [2.45, 2.75) is 43.3 Å². The van der Waals surface area contributed by atoms with E-state index >= 15 is 0 Å². The molecule has 0 radical (unpaired) electrons. The summed E-state index contributed by atoms with van der Waals surface area (Å²) in [6.45, 7) is 1.62. The van der Waals surface area contributed by atoms with E-state index in [-0.39, 0.29) is 6.04 Å². The summed E-state index contributed by atoms with van der Waals surface area (Å²) in [5.74, 6) is 2.85. The molecule has 1 aromatic carbocycles. The first kappa shape index (κ1) is 12.6. The lowest BCUT2D eigenvalue weighted by molar-refractivity contribution is 0.456. The van der Waals surface area contributed by atoms with E-state index in [0.717, 1.165) is 30.5 Å². The lowest BCUT2D eigenvalue weighted by Crippen LogP contribution is -2.30. The molecule has 1 heterocycles. The minimum atomic E-state index is -3.36. The number of rotatable bonds is 3. The van der Waals surface area contributed by atoms with Gasteiger partial charge in [-0.25, -0.2) is 13.1 Å². The Morgan fingerprint density at radius 1 is 1.05 bits per heavy atom. The smallest absolute Gasteiger partial charge is 0.240 e. The van der Waals surface area contributed by atoms with Crippen LogP contribution in [0.2, 0.25) is 0 Å². The summed E-state index contributed by atoms with van der Waals surface area (Å²) in [5.41, 5.74) is 2.34. The van der Waals surface area contributed by atoms with Crippen molar-refractivity contribution >= 4 is 10.0 Å². The lowest BCUT2D eigenvalue weighted by Gasteiger charge is -2.12. The van der Waals surface area contributed by atoms with Gasteiger partial charge in [0.1, 0.15) is 0 Å². The number of sulfonamides is 1. The molecule has 2 N–H and O–H groups in total. The zero-order chi connectivity index (χ0) is 14.2. The van der Waals surface area contributed by atoms with Gasteiger partial charge in [-0.05, 0) is 66.2 Å². The predicted octanol–water partition coefficient (Wildman–Crippen LogP) is 1.61. The van der Waals surface area contributed by atoms with Gasteiger partial charge in [-0.15, -0.1) is 0 Å². The van der Waals surface area contributed by atoms with Gasteiger partial charge >= 0.3 is 0 Å². The zero-order valence-electron chi connectivity index (χ0n) is 11.9. The first-order chi connectivity index (χ1) is 10.1. The first-order valence-corrected chi connectivity index (χ1v) is 9.47. The predicted molar refractivity (Wildman–Crippen MR) is 78.9 cm³/mol. The van der Waals surface area contributed by atoms with E-state index in [2.05, 4.69) is 10.0 Å². The van der Waals surface area contributed by atoms with E-state index in [4.69, 9.17) is 0 Å². The van der Waals surface area contributed by atoms with E-state index in [1.165, 1.54) is 24.8 Å². The molecular formula is C16H20N2O2S. The average molecular weight is 304 g/mol. The number of hydrogen-bond donors (Lipinski definition) is 2. The maximum atomic E-state index is 12.6. The first-order valence-electron chi connectivity index (χ1n) is 7.98. The second kappa shape index (κ2) is 4.09. The molecular weight excluding hydrogens is 284 g/mol. The third-order valence-corrected chi connectivity index (χ3v) is 7.60. The third-order valence-electron chi connectivity index (χ3n) is 6.15. The number of fused-ring (bicyclic) bond motifs is 6. The van der Waals surface area contributed by atoms with Gasteiger partial charge in [0.05, 0.1) is 4.90 Å². The van der Waals surface area contributed by atoms with E-state index < -0.39 is 10.0 Å². The Kier molecular flexibility index (Phi) is 2.46. The Hall–Kier alpha value is -0.910. The molecule has 2 bridgehead atoms. The molecule has 112 valence electrons. The molecule has 4 aliphatic rings. The highest BCUT2D eigenvalue weighted by atomic mass is 32.2. The molecule has 1 aromatic rings. The minimum absolute atomic E-state index is 0.215. The van der Waals surface area contributed by atoms with Crippen LogP contribution in [0.25, 0.3) is 0 Å². The Morgan fingerprint density at radius 2 is 1.76 bits per heavy atom. The van der Waals surface area contributed by atoms with Crippen molar-refractivity contribution in [1.29, 1.82) is 0 Å². The van der Waals surface area contributed by atoms with Crippen molar-refractivity contribution in [2.75, 3.05) is 0 Å². The van der Waals surface area contributed by atoms with Crippen molar-refractivity contribution in [3.63, 3.8) is 0 Å². The summed E-state index contributed by atoms with van der Waals surface area (Å²) in [6.07, 6.45) is 3.97. The second-order valence-corrected chi connectivity index (χ2v) is 8.88. The fraction of sp³-hybridized carbons (Fsp3) is 0.625. The molecule has 4 atom stereocenters. The number of benzene rings is 1. The molecule has 0 saturated heterocycles. The Labute approximate surface area is 125 Å². The summed E-state index contributed by atoms with van der Waals surface area (Å²) in [4.78, 5) is 0.433. The van der Waals surface area contributed by atoms with Crippen molar-refractivity contribution < 1.29 is 8.42 Å². The Morgan fingerprint density at radius 3 is 2.52 bits per heavy atom. The monoisotopic (exact) mass is 304 g/mol. The molecule has 3 fully saturated rings. The normalized spacial score (nSPS) is 39.3. The van der Waals surface area contributed by atoms with Crippen LogP contribution in [-0.4, -0.2) is 14.5 Å². The van der Waals surface area contributed by atoms with Crippen LogP contribution in [0.5, 0.6) is 0 Å². The van der Waals surface area contributed by atoms with E-state index in [0.29, 0.717) is 16.7 Å². The van der Waals surface area contributed by atoms with E-state index in [1.54, 1.807) is 6.07 Å². The molecule has 1 aliphatic heterocycles. The number of hydrogen-bond acceptors (Lipinski definition) is 3. The summed E-state index contributed by atoms with van der Waals surface area (Å²) < 4.78 is 28.2. The molecule has 0 aromatic heterocycles. The van der Waals surface area contributed by atoms with Crippen LogP contribution in [0, 0.1) is 23.7 Å². The summed E-state index contributed by atoms with van der Waals surface area (Å²) >= 11 is 0. The Bertz CT molecular complexity index is 699. The van der Waals surface area contributed by atoms with Gasteiger partial charge in [-0.3, -0.25) is 0 Å². The van der Waals surface area contributed by atoms with E-state index in [1.807, 2.05) is 12.1 Å². The van der Waals surface area contributed by atoms with Crippen LogP contribution in [0.3, 0.4) is 0 Å². The van der Waals surface area contributed by atoms with Crippen LogP contribution >= 0.6 is 0 Å². The SMILES string of the molecule is O=S(=O)(NC1C2C3CCC(C3)C12)c1ccc2c(c1)CNC2. The fourth-order valence-electron chi connectivity index (χ4n) is 5.17. The molecule has 3 aliphatic carbocycles. The summed E-state index contributed by atoms with van der Waals surface area (Å²) in [7, 11) is -3.36. The maximum Gasteiger partial charge on any atom is 0.240 e. The highest BCUT2D eigenvalue weighted by molar-refractivity contribution is 7.89. The summed E-state index contributed by atoms with van der Waals surface area (Å²) in [6, 6.07) is 5.75. The zero-order valence-corrected chi connectivity index (χ0v) is 12.7. The van der Waals surface area contributed by atoms with Crippen LogP contribution in [-0.2, 0) is 23.1 Å². The fourth-order valence-corrected chi connectivity index (χ4v) is 6.52. The molecule has 0 amide bonds. The topological polar surface area (TPSA) is 58.2 Å². The van der Waals surface area contributed by atoms with Gasteiger partial charge in [0.25, 0.3) is 0 Å². The molecule has 21 heavy (non-hydrogen) atoms. The summed E-state index contributed by atoms with van der Waals surface area (Å²) in [5, 5.41) is 3.26. The largest absolute Gasteiger partial charge is 0.309 e. The van der Waals surface area contributed by atoms with Crippen LogP contribution in [0.15, 0.2) is 23.1 Å². The number of nitrogens with one attached hydrogen (secondary N) is 2. The van der Waals surface area contributed by atoms with Gasteiger partial charge < -0.3 is 5.32 Å². The van der Waals surface area contributed by atoms with Crippen molar-refractivity contribution in [1.82, 2.24) is 10.0 Å². The molecule has 4 unspecified atom stereocenters. The van der Waals surface area contributed by atoms with Crippen LogP contribution in [0.4, 0.5) is 0 Å². The quantitative estimate of drug-likeness (QED) is 0.892. The average Bonchev–Trinajstić information content (AvgIpc) is 2.93. The van der Waals surface area contributed by atoms with Gasteiger partial charge in [0, 0.05) is 19.1 Å². The van der Waals surface area contributed by atoms with Crippen molar-refractivity contribution in [2.24, 2.45) is 23.7 Å². The van der Waals surface area contributed by atoms with E-state index in [9.17, 15) is 8.42 Å². The molecule has 5 rings (SSSR count). The van der Waals surface area contributed by atoms with Crippen molar-refractivity contribution in [3.8, 4) is 0 Å². The van der Waals surface area contributed by atoms with Gasteiger partial charge in [0.15, 0.2) is 0 Å². The third kappa shape index (κ3) is 1.77. The highest BCUT2D eigenvalue weighted by Gasteiger charge is 2.65. The maximum absolute atomic E-state index is 12.6. The molecule has 4 nitrogen and oxygen atoms in total. The minimum Gasteiger partial charge on any atom is -0.309 e. The Balaban J connectivity index is 1.39. The lowest BCUT2D eigenvalue weighted by atomic mass is 10.0. The standard InChI is InChI=1S/C16H20N2O2S/c19-21(20,13-4-3-11-7-17-8-12(11)6-13)18-16-14-9-1-2-10(5-9)15(14)16/h3-4,6,9-10,14-18H,1-2,5,7-8H2. The van der Waals surface area contributed by atoms with Gasteiger partial charge in [-0.1, -0.05) is 6.07 Å². The highest BCUT2D eigenvalue weighted by Crippen LogP contribution is 2.65. The molecule has 3 saturated carbocycles. The van der Waals surface area contributed by atoms with Crippen molar-refractivity contribution in [3.05, 3.63) is 29.3 Å². The molecule has 0 spiro atoms. The second-order valence-electron chi connectivity index (χ2n) is 7.17. The van der Waals surface area contributed by atoms with Gasteiger partial charge in [0.2, 0.25) is 10.0 Å². The molecule has 5 heteroatoms. The van der Waals surface area contributed by atoms with Gasteiger partial charge in [-0.2, -0.15) is 0 Å². The van der Waals surface area contributed by atoms with Crippen LogP contribution < -0.4 is 10.0 Å².